The Labute approximate surface area is 202 Å². The molecule has 10 nitrogen and oxygen atoms in total. The summed E-state index contributed by atoms with van der Waals surface area (Å²) in [5.41, 5.74) is 1.03. The second kappa shape index (κ2) is 9.98. The van der Waals surface area contributed by atoms with Crippen LogP contribution in [0.2, 0.25) is 0 Å². The highest BCUT2D eigenvalue weighted by Gasteiger charge is 2.42. The van der Waals surface area contributed by atoms with Gasteiger partial charge in [-0.25, -0.2) is 4.79 Å². The molecular formula is C24H24N2O8S. The van der Waals surface area contributed by atoms with Gasteiger partial charge in [0.2, 0.25) is 0 Å². The van der Waals surface area contributed by atoms with Crippen molar-refractivity contribution >= 4 is 32.7 Å². The first-order chi connectivity index (χ1) is 16.6. The predicted molar refractivity (Wildman–Crippen MR) is 127 cm³/mol. The van der Waals surface area contributed by atoms with Crippen molar-refractivity contribution in [3.63, 3.8) is 0 Å². The number of likely N-dealkylation sites (tertiary alicyclic amines) is 1. The molecule has 1 fully saturated rings. The summed E-state index contributed by atoms with van der Waals surface area (Å²) in [4.78, 5) is 24.5. The van der Waals surface area contributed by atoms with E-state index in [1.54, 1.807) is 6.07 Å². The Balaban J connectivity index is 1.52. The molecule has 0 radical (unpaired) electrons. The van der Waals surface area contributed by atoms with Crippen molar-refractivity contribution in [3.05, 3.63) is 88.0 Å². The second-order valence-electron chi connectivity index (χ2n) is 8.41. The Morgan fingerprint density at radius 1 is 1.14 bits per heavy atom. The molecule has 3 atom stereocenters. The molecule has 1 aliphatic rings. The van der Waals surface area contributed by atoms with Crippen molar-refractivity contribution < 1.29 is 32.2 Å². The van der Waals surface area contributed by atoms with Crippen LogP contribution in [0.25, 0.3) is 10.8 Å². The van der Waals surface area contributed by atoms with Gasteiger partial charge in [0.05, 0.1) is 36.0 Å². The fourth-order valence-electron chi connectivity index (χ4n) is 4.21. The van der Waals surface area contributed by atoms with E-state index in [9.17, 15) is 28.4 Å². The fraction of sp³-hybridized carbons (Fsp3) is 0.292. The van der Waals surface area contributed by atoms with Crippen LogP contribution in [0, 0.1) is 10.1 Å². The molecule has 0 bridgehead atoms. The molecule has 1 amide bonds. The molecule has 4 rings (SSSR count). The molecule has 0 spiro atoms. The number of amides is 1. The van der Waals surface area contributed by atoms with Crippen LogP contribution in [-0.2, 0) is 25.6 Å². The summed E-state index contributed by atoms with van der Waals surface area (Å²) in [5, 5.41) is 23.9. The maximum Gasteiger partial charge on any atom is 0.410 e. The number of nitrogens with zero attached hydrogens (tertiary/aromatic N) is 2. The summed E-state index contributed by atoms with van der Waals surface area (Å²) >= 11 is 0. The summed E-state index contributed by atoms with van der Waals surface area (Å²) < 4.78 is 33.8. The van der Waals surface area contributed by atoms with Gasteiger partial charge in [-0.1, -0.05) is 36.4 Å². The lowest BCUT2D eigenvalue weighted by atomic mass is 9.97. The van der Waals surface area contributed by atoms with Crippen molar-refractivity contribution in [3.8, 4) is 0 Å². The number of nitro groups is 1. The zero-order valence-electron chi connectivity index (χ0n) is 18.8. The van der Waals surface area contributed by atoms with Gasteiger partial charge in [0.1, 0.15) is 6.61 Å². The third-order valence-electron chi connectivity index (χ3n) is 5.84. The largest absolute Gasteiger partial charge is 0.445 e. The Morgan fingerprint density at radius 2 is 1.83 bits per heavy atom. The first-order valence-electron chi connectivity index (χ1n) is 10.8. The molecule has 184 valence electrons. The number of carbonyl (C=O) groups is 1. The van der Waals surface area contributed by atoms with Gasteiger partial charge in [0.25, 0.3) is 15.8 Å². The van der Waals surface area contributed by atoms with Gasteiger partial charge in [-0.05, 0) is 40.1 Å². The number of benzene rings is 3. The SMILES string of the molecule is CS(=O)(=O)O[C@@H]1C[C@@H](C(O)c2ccc3ccccc3c2)N(C(=O)OCc2ccc([N+](=O)[O-])cc2)C1. The van der Waals surface area contributed by atoms with Crippen LogP contribution in [-0.4, -0.2) is 54.4 Å². The number of aliphatic hydroxyl groups is 1. The minimum Gasteiger partial charge on any atom is -0.445 e. The minimum absolute atomic E-state index is 0.0819. The van der Waals surface area contributed by atoms with Gasteiger partial charge >= 0.3 is 6.09 Å². The van der Waals surface area contributed by atoms with Gasteiger partial charge in [-0.3, -0.25) is 19.2 Å². The predicted octanol–water partition coefficient (Wildman–Crippen LogP) is 3.54. The quantitative estimate of drug-likeness (QED) is 0.296. The van der Waals surface area contributed by atoms with Crippen LogP contribution in [0.3, 0.4) is 0 Å². The number of non-ortho nitro benzene ring substituents is 1. The van der Waals surface area contributed by atoms with Crippen LogP contribution >= 0.6 is 0 Å². The molecule has 1 saturated heterocycles. The molecule has 0 saturated carbocycles. The third kappa shape index (κ3) is 5.94. The zero-order valence-corrected chi connectivity index (χ0v) is 19.6. The number of carbonyl (C=O) groups excluding carboxylic acids is 1. The highest BCUT2D eigenvalue weighted by molar-refractivity contribution is 7.86. The van der Waals surface area contributed by atoms with E-state index >= 15 is 0 Å². The van der Waals surface area contributed by atoms with E-state index in [0.29, 0.717) is 11.1 Å². The van der Waals surface area contributed by atoms with Crippen molar-refractivity contribution in [2.45, 2.75) is 31.3 Å². The first-order valence-corrected chi connectivity index (χ1v) is 12.6. The molecule has 1 heterocycles. The smallest absolute Gasteiger partial charge is 0.410 e. The highest BCUT2D eigenvalue weighted by Crippen LogP contribution is 2.33. The standard InChI is InChI=1S/C24H24N2O8S/c1-35(31,32)34-21-13-22(23(27)19-9-8-17-4-2-3-5-18(17)12-19)25(14-21)24(28)33-15-16-6-10-20(11-7-16)26(29)30/h2-12,21-23,27H,13-15H2,1H3/t21-,22+,23?/m1/s1. The average Bonchev–Trinajstić information content (AvgIpc) is 3.24. The van der Waals surface area contributed by atoms with Crippen molar-refractivity contribution in [1.82, 2.24) is 4.90 Å². The molecule has 3 aromatic rings. The van der Waals surface area contributed by atoms with E-state index < -0.39 is 39.4 Å². The normalized spacial score (nSPS) is 19.0. The van der Waals surface area contributed by atoms with E-state index in [2.05, 4.69) is 0 Å². The van der Waals surface area contributed by atoms with Gasteiger partial charge in [-0.15, -0.1) is 0 Å². The van der Waals surface area contributed by atoms with E-state index in [4.69, 9.17) is 8.92 Å². The molecule has 35 heavy (non-hydrogen) atoms. The van der Waals surface area contributed by atoms with E-state index in [0.717, 1.165) is 17.0 Å². The van der Waals surface area contributed by atoms with Crippen molar-refractivity contribution in [1.29, 1.82) is 0 Å². The van der Waals surface area contributed by atoms with Gasteiger partial charge in [0.15, 0.2) is 0 Å². The molecule has 11 heteroatoms. The molecular weight excluding hydrogens is 476 g/mol. The van der Waals surface area contributed by atoms with Gasteiger partial charge in [-0.2, -0.15) is 8.42 Å². The Morgan fingerprint density at radius 3 is 2.49 bits per heavy atom. The van der Waals surface area contributed by atoms with Crippen LogP contribution in [0.1, 0.15) is 23.7 Å². The van der Waals surface area contributed by atoms with Crippen LogP contribution in [0.15, 0.2) is 66.7 Å². The summed E-state index contributed by atoms with van der Waals surface area (Å²) in [6.07, 6.45) is -1.69. The van der Waals surface area contributed by atoms with Gasteiger partial charge < -0.3 is 9.84 Å². The fourth-order valence-corrected chi connectivity index (χ4v) is 4.84. The summed E-state index contributed by atoms with van der Waals surface area (Å²) in [6.45, 7) is -0.231. The monoisotopic (exact) mass is 500 g/mol. The minimum atomic E-state index is -3.78. The second-order valence-corrected chi connectivity index (χ2v) is 10.0. The lowest BCUT2D eigenvalue weighted by Gasteiger charge is -2.28. The summed E-state index contributed by atoms with van der Waals surface area (Å²) in [5.74, 6) is 0. The third-order valence-corrected chi connectivity index (χ3v) is 6.46. The highest BCUT2D eigenvalue weighted by atomic mass is 32.2. The number of ether oxygens (including phenoxy) is 1. The van der Waals surface area contributed by atoms with Crippen LogP contribution < -0.4 is 0 Å². The number of hydrogen-bond acceptors (Lipinski definition) is 8. The van der Waals surface area contributed by atoms with Gasteiger partial charge in [0, 0.05) is 18.6 Å². The number of aliphatic hydroxyl groups excluding tert-OH is 1. The molecule has 1 N–H and O–H groups in total. The average molecular weight is 501 g/mol. The maximum absolute atomic E-state index is 12.9. The van der Waals surface area contributed by atoms with Crippen LogP contribution in [0.4, 0.5) is 10.5 Å². The summed E-state index contributed by atoms with van der Waals surface area (Å²) in [7, 11) is -3.78. The first kappa shape index (κ1) is 24.6. The molecule has 0 aromatic heterocycles. The van der Waals surface area contributed by atoms with E-state index in [1.807, 2.05) is 36.4 Å². The number of hydrogen-bond donors (Lipinski definition) is 1. The van der Waals surface area contributed by atoms with E-state index in [1.165, 1.54) is 29.2 Å². The zero-order chi connectivity index (χ0) is 25.2. The lowest BCUT2D eigenvalue weighted by molar-refractivity contribution is -0.384. The van der Waals surface area contributed by atoms with Crippen molar-refractivity contribution in [2.75, 3.05) is 12.8 Å². The Bertz CT molecular complexity index is 1340. The Kier molecular flexibility index (Phi) is 7.01. The lowest BCUT2D eigenvalue weighted by Crippen LogP contribution is -2.39. The molecule has 1 aliphatic heterocycles. The molecule has 3 aromatic carbocycles. The van der Waals surface area contributed by atoms with E-state index in [-0.39, 0.29) is 25.3 Å². The topological polar surface area (TPSA) is 136 Å². The molecule has 0 aliphatic carbocycles. The Hall–Kier alpha value is -3.54. The number of rotatable bonds is 7. The number of fused-ring (bicyclic) bond motifs is 1. The number of nitro benzene ring substituents is 1. The van der Waals surface area contributed by atoms with Crippen molar-refractivity contribution in [2.24, 2.45) is 0 Å². The van der Waals surface area contributed by atoms with Crippen LogP contribution in [0.5, 0.6) is 0 Å². The summed E-state index contributed by atoms with van der Waals surface area (Å²) in [6, 6.07) is 17.9. The molecule has 1 unspecified atom stereocenters. The maximum atomic E-state index is 12.9.